The van der Waals surface area contributed by atoms with Gasteiger partial charge in [-0.25, -0.2) is 0 Å². The number of aromatic nitrogens is 3. The summed E-state index contributed by atoms with van der Waals surface area (Å²) in [5, 5.41) is 14.7. The first-order valence-corrected chi connectivity index (χ1v) is 4.24. The molecule has 0 atom stereocenters. The summed E-state index contributed by atoms with van der Waals surface area (Å²) >= 11 is 0. The van der Waals surface area contributed by atoms with Gasteiger partial charge in [0.15, 0.2) is 0 Å². The molecule has 0 saturated carbocycles. The van der Waals surface area contributed by atoms with Gasteiger partial charge in [-0.05, 0) is 12.1 Å². The van der Waals surface area contributed by atoms with E-state index in [4.69, 9.17) is 0 Å². The minimum atomic E-state index is 0.811. The average Bonchev–Trinajstić information content (AvgIpc) is 2.55. The molecule has 0 aliphatic carbocycles. The van der Waals surface area contributed by atoms with Crippen LogP contribution < -0.4 is 5.43 Å². The highest BCUT2D eigenvalue weighted by atomic mass is 15.3. The Bertz CT molecular complexity index is 537. The van der Waals surface area contributed by atoms with E-state index in [0.717, 1.165) is 22.3 Å². The number of aromatic amines is 1. The minimum absolute atomic E-state index is 0.811. The summed E-state index contributed by atoms with van der Waals surface area (Å²) in [7, 11) is 0. The molecule has 68 valence electrons. The van der Waals surface area contributed by atoms with Crippen molar-refractivity contribution in [2.75, 3.05) is 5.43 Å². The first-order valence-electron chi connectivity index (χ1n) is 4.24. The molecule has 1 aromatic heterocycles. The molecular weight excluding hydrogens is 178 g/mol. The Labute approximate surface area is 79.5 Å². The second-order valence-electron chi connectivity index (χ2n) is 2.97. The fourth-order valence-electron chi connectivity index (χ4n) is 1.48. The van der Waals surface area contributed by atoms with Crippen LogP contribution in [0.5, 0.6) is 0 Å². The Morgan fingerprint density at radius 2 is 2.14 bits per heavy atom. The predicted octanol–water partition coefficient (Wildman–Crippen LogP) is 1.38. The number of fused-ring (bicyclic) bond motifs is 3. The van der Waals surface area contributed by atoms with Crippen molar-refractivity contribution in [1.29, 1.82) is 0 Å². The highest BCUT2D eigenvalue weighted by molar-refractivity contribution is 5.95. The number of allylic oxidation sites excluding steroid dienone is 1. The lowest BCUT2D eigenvalue weighted by molar-refractivity contribution is 0.959. The molecule has 0 amide bonds. The molecule has 0 fully saturated rings. The van der Waals surface area contributed by atoms with Crippen molar-refractivity contribution in [3.63, 3.8) is 0 Å². The predicted molar refractivity (Wildman–Crippen MR) is 55.0 cm³/mol. The fourth-order valence-corrected chi connectivity index (χ4v) is 1.48. The van der Waals surface area contributed by atoms with Crippen LogP contribution >= 0.6 is 0 Å². The second kappa shape index (κ2) is 2.66. The van der Waals surface area contributed by atoms with Crippen LogP contribution in [0.4, 0.5) is 5.69 Å². The maximum atomic E-state index is 4.07. The summed E-state index contributed by atoms with van der Waals surface area (Å²) in [6.07, 6.45) is 5.56. The summed E-state index contributed by atoms with van der Waals surface area (Å²) in [4.78, 5) is 0. The molecule has 0 radical (unpaired) electrons. The van der Waals surface area contributed by atoms with Crippen LogP contribution in [0.3, 0.4) is 0 Å². The Kier molecular flexibility index (Phi) is 1.38. The fraction of sp³-hybridized carbons (Fsp3) is 0. The SMILES string of the molecule is C1=Cc2ccc3n[nH]nc3c2NN=C1. The van der Waals surface area contributed by atoms with E-state index in [1.54, 1.807) is 6.21 Å². The molecule has 3 rings (SSSR count). The van der Waals surface area contributed by atoms with Crippen molar-refractivity contribution in [2.45, 2.75) is 0 Å². The monoisotopic (exact) mass is 185 g/mol. The van der Waals surface area contributed by atoms with Crippen LogP contribution in [0.1, 0.15) is 5.56 Å². The summed E-state index contributed by atoms with van der Waals surface area (Å²) < 4.78 is 0. The third kappa shape index (κ3) is 0.922. The topological polar surface area (TPSA) is 66.0 Å². The van der Waals surface area contributed by atoms with Crippen LogP contribution in [0, 0.1) is 0 Å². The molecule has 2 heterocycles. The van der Waals surface area contributed by atoms with E-state index in [2.05, 4.69) is 25.9 Å². The van der Waals surface area contributed by atoms with E-state index in [0.29, 0.717) is 0 Å². The molecule has 5 nitrogen and oxygen atoms in total. The molecule has 2 N–H and O–H groups in total. The Morgan fingerprint density at radius 1 is 1.14 bits per heavy atom. The van der Waals surface area contributed by atoms with Gasteiger partial charge in [0.1, 0.15) is 11.0 Å². The standard InChI is InChI=1S/C9H7N5/c1-2-6-3-4-7-9(13-14-11-7)8(6)12-10-5-1/h1-5,12H,(H,11,13,14). The third-order valence-corrected chi connectivity index (χ3v) is 2.13. The van der Waals surface area contributed by atoms with Gasteiger partial charge in [-0.1, -0.05) is 12.1 Å². The van der Waals surface area contributed by atoms with Gasteiger partial charge in [0, 0.05) is 11.8 Å². The summed E-state index contributed by atoms with van der Waals surface area (Å²) in [5.41, 5.74) is 6.53. The van der Waals surface area contributed by atoms with E-state index in [1.165, 1.54) is 0 Å². The number of nitrogens with zero attached hydrogens (tertiary/aromatic N) is 3. The summed E-state index contributed by atoms with van der Waals surface area (Å²) in [6.45, 7) is 0. The van der Waals surface area contributed by atoms with Crippen molar-refractivity contribution in [2.24, 2.45) is 5.10 Å². The lowest BCUT2D eigenvalue weighted by atomic mass is 10.1. The molecule has 5 heteroatoms. The normalized spacial score (nSPS) is 13.7. The van der Waals surface area contributed by atoms with Crippen LogP contribution in [-0.2, 0) is 0 Å². The van der Waals surface area contributed by atoms with E-state index in [1.807, 2.05) is 24.3 Å². The maximum Gasteiger partial charge on any atom is 0.138 e. The van der Waals surface area contributed by atoms with Crippen molar-refractivity contribution in [3.8, 4) is 0 Å². The zero-order chi connectivity index (χ0) is 9.38. The largest absolute Gasteiger partial charge is 0.276 e. The first kappa shape index (κ1) is 7.25. The molecule has 1 aromatic carbocycles. The van der Waals surface area contributed by atoms with Gasteiger partial charge in [-0.15, -0.1) is 0 Å². The van der Waals surface area contributed by atoms with Crippen molar-refractivity contribution < 1.29 is 0 Å². The van der Waals surface area contributed by atoms with Crippen molar-refractivity contribution >= 4 is 29.0 Å². The lowest BCUT2D eigenvalue weighted by Crippen LogP contribution is -1.91. The van der Waals surface area contributed by atoms with Gasteiger partial charge in [0.2, 0.25) is 0 Å². The van der Waals surface area contributed by atoms with Crippen molar-refractivity contribution in [1.82, 2.24) is 15.4 Å². The highest BCUT2D eigenvalue weighted by Crippen LogP contribution is 2.26. The van der Waals surface area contributed by atoms with Gasteiger partial charge in [0.05, 0.1) is 5.69 Å². The molecule has 0 bridgehead atoms. The quantitative estimate of drug-likeness (QED) is 0.651. The second-order valence-corrected chi connectivity index (χ2v) is 2.97. The molecule has 1 aliphatic rings. The van der Waals surface area contributed by atoms with E-state index in [-0.39, 0.29) is 0 Å². The number of benzene rings is 1. The molecular formula is C9H7N5. The number of nitrogens with one attached hydrogen (secondary N) is 2. The van der Waals surface area contributed by atoms with Gasteiger partial charge in [0.25, 0.3) is 0 Å². The third-order valence-electron chi connectivity index (χ3n) is 2.13. The first-order chi connectivity index (χ1) is 6.95. The summed E-state index contributed by atoms with van der Waals surface area (Å²) in [5.74, 6) is 0. The number of hydrazone groups is 1. The van der Waals surface area contributed by atoms with Crippen LogP contribution in [-0.4, -0.2) is 21.6 Å². The van der Waals surface area contributed by atoms with E-state index >= 15 is 0 Å². The maximum absolute atomic E-state index is 4.07. The minimum Gasteiger partial charge on any atom is -0.276 e. The zero-order valence-electron chi connectivity index (χ0n) is 7.23. The number of H-pyrrole nitrogens is 1. The smallest absolute Gasteiger partial charge is 0.138 e. The molecule has 0 saturated heterocycles. The van der Waals surface area contributed by atoms with E-state index < -0.39 is 0 Å². The number of anilines is 1. The number of rotatable bonds is 0. The van der Waals surface area contributed by atoms with Gasteiger partial charge < -0.3 is 0 Å². The highest BCUT2D eigenvalue weighted by Gasteiger charge is 2.09. The molecule has 0 spiro atoms. The Balaban J connectivity index is 2.38. The molecule has 2 aromatic rings. The van der Waals surface area contributed by atoms with Gasteiger partial charge >= 0.3 is 0 Å². The van der Waals surface area contributed by atoms with Crippen LogP contribution in [0.15, 0.2) is 23.3 Å². The Morgan fingerprint density at radius 3 is 3.14 bits per heavy atom. The average molecular weight is 185 g/mol. The lowest BCUT2D eigenvalue weighted by Gasteiger charge is -2.02. The molecule has 0 unspecified atom stereocenters. The molecule has 1 aliphatic heterocycles. The number of hydrogen-bond donors (Lipinski definition) is 2. The van der Waals surface area contributed by atoms with Crippen LogP contribution in [0.25, 0.3) is 17.1 Å². The zero-order valence-corrected chi connectivity index (χ0v) is 7.23. The summed E-state index contributed by atoms with van der Waals surface area (Å²) in [6, 6.07) is 3.91. The number of hydrogen-bond acceptors (Lipinski definition) is 4. The van der Waals surface area contributed by atoms with Gasteiger partial charge in [-0.2, -0.15) is 20.5 Å². The van der Waals surface area contributed by atoms with Crippen molar-refractivity contribution in [3.05, 3.63) is 23.8 Å². The van der Waals surface area contributed by atoms with Gasteiger partial charge in [-0.3, -0.25) is 5.43 Å². The molecule has 14 heavy (non-hydrogen) atoms. The Hall–Kier alpha value is -2.17. The van der Waals surface area contributed by atoms with E-state index in [9.17, 15) is 0 Å². The van der Waals surface area contributed by atoms with Crippen LogP contribution in [0.2, 0.25) is 0 Å².